The summed E-state index contributed by atoms with van der Waals surface area (Å²) in [4.78, 5) is 5.00. The number of ether oxygens (including phenoxy) is 1. The predicted molar refractivity (Wildman–Crippen MR) is 134 cm³/mol. The Hall–Kier alpha value is -2.19. The number of rotatable bonds is 8. The Balaban J connectivity index is 1.32. The summed E-state index contributed by atoms with van der Waals surface area (Å²) in [6.07, 6.45) is 4.24. The van der Waals surface area contributed by atoms with Crippen LogP contribution in [0.25, 0.3) is 0 Å². The van der Waals surface area contributed by atoms with Gasteiger partial charge in [-0.05, 0) is 66.1 Å². The highest BCUT2D eigenvalue weighted by Gasteiger charge is 2.45. The lowest BCUT2D eigenvalue weighted by Crippen LogP contribution is -2.44. The average molecular weight is 501 g/mol. The third-order valence-electron chi connectivity index (χ3n) is 6.47. The van der Waals surface area contributed by atoms with Crippen molar-refractivity contribution in [1.82, 2.24) is 4.72 Å². The van der Waals surface area contributed by atoms with Gasteiger partial charge in [-0.25, -0.2) is 13.1 Å². The average Bonchev–Trinajstić information content (AvgIpc) is 3.34. The Kier molecular flexibility index (Phi) is 6.31. The minimum absolute atomic E-state index is 0.0747. The number of hydrogen-bond acceptors (Lipinski definition) is 5. The number of hydrogen-bond donors (Lipinski definition) is 1. The zero-order valence-corrected chi connectivity index (χ0v) is 20.5. The van der Waals surface area contributed by atoms with Gasteiger partial charge < -0.3 is 4.74 Å². The summed E-state index contributed by atoms with van der Waals surface area (Å²) in [6.45, 7) is 1.24. The number of benzene rings is 2. The summed E-state index contributed by atoms with van der Waals surface area (Å²) < 4.78 is 33.4. The molecule has 8 heteroatoms. The maximum atomic E-state index is 12.3. The van der Waals surface area contributed by atoms with Crippen molar-refractivity contribution in [2.45, 2.75) is 35.3 Å². The fraction of sp³-hybridized carbons (Fsp3) is 0.320. The van der Waals surface area contributed by atoms with Crippen molar-refractivity contribution >= 4 is 38.7 Å². The largest absolute Gasteiger partial charge is 0.492 e. The summed E-state index contributed by atoms with van der Waals surface area (Å²) in [5.41, 5.74) is 4.76. The molecule has 0 amide bonds. The van der Waals surface area contributed by atoms with Crippen LogP contribution in [0.2, 0.25) is 5.02 Å². The third kappa shape index (κ3) is 4.47. The molecule has 0 radical (unpaired) electrons. The van der Waals surface area contributed by atoms with Gasteiger partial charge in [0.2, 0.25) is 10.0 Å². The molecule has 5 rings (SSSR count). The smallest absolute Gasteiger partial charge is 0.250 e. The minimum atomic E-state index is -3.48. The first-order chi connectivity index (χ1) is 16.0. The maximum absolute atomic E-state index is 12.3. The predicted octanol–water partition coefficient (Wildman–Crippen LogP) is 5.23. The zero-order chi connectivity index (χ0) is 22.9. The van der Waals surface area contributed by atoms with Gasteiger partial charge in [-0.3, -0.25) is 4.99 Å². The van der Waals surface area contributed by atoms with E-state index in [1.807, 2.05) is 18.2 Å². The van der Waals surface area contributed by atoms with Crippen molar-refractivity contribution in [3.05, 3.63) is 81.7 Å². The molecular weight excluding hydrogens is 476 g/mol. The Morgan fingerprint density at radius 3 is 2.64 bits per heavy atom. The lowest BCUT2D eigenvalue weighted by atomic mass is 9.59. The molecule has 1 aromatic heterocycles. The molecular formula is C25H25ClN2O3S2. The first-order valence-electron chi connectivity index (χ1n) is 11.1. The molecule has 0 unspecified atom stereocenters. The van der Waals surface area contributed by atoms with Crippen LogP contribution in [0, 0.1) is 0 Å². The first kappa shape index (κ1) is 22.6. The van der Waals surface area contributed by atoms with E-state index in [0.717, 1.165) is 47.9 Å². The third-order valence-corrected chi connectivity index (χ3v) is 9.58. The number of sulfonamides is 1. The fourth-order valence-corrected chi connectivity index (χ4v) is 6.84. The Labute approximate surface area is 203 Å². The standard InChI is InChI=1S/C25H25ClN2O3S2/c26-20-7-5-19(6-8-20)25(11-2-12-25)24-22-17-21(9-4-18(22)10-13-27-24)31-15-14-28-33(29,30)23-3-1-16-32-23/h1,3-9,16-17,28H,2,10-15H2. The molecule has 1 aliphatic heterocycles. The molecule has 0 spiro atoms. The van der Waals surface area contributed by atoms with Crippen molar-refractivity contribution in [2.75, 3.05) is 19.7 Å². The zero-order valence-electron chi connectivity index (χ0n) is 18.1. The normalized spacial score (nSPS) is 17.1. The van der Waals surface area contributed by atoms with E-state index < -0.39 is 10.0 Å². The van der Waals surface area contributed by atoms with Crippen LogP contribution in [0.1, 0.15) is 36.0 Å². The summed E-state index contributed by atoms with van der Waals surface area (Å²) in [6, 6.07) is 17.6. The molecule has 5 nitrogen and oxygen atoms in total. The van der Waals surface area contributed by atoms with Gasteiger partial charge in [0.1, 0.15) is 16.6 Å². The second kappa shape index (κ2) is 9.22. The van der Waals surface area contributed by atoms with E-state index in [-0.39, 0.29) is 18.6 Å². The number of aliphatic imine (C=N–C) groups is 1. The molecule has 1 saturated carbocycles. The van der Waals surface area contributed by atoms with Crippen LogP contribution < -0.4 is 9.46 Å². The van der Waals surface area contributed by atoms with Gasteiger partial charge in [0.15, 0.2) is 0 Å². The first-order valence-corrected chi connectivity index (χ1v) is 13.8. The van der Waals surface area contributed by atoms with E-state index in [2.05, 4.69) is 29.0 Å². The second-order valence-corrected chi connectivity index (χ2v) is 11.8. The van der Waals surface area contributed by atoms with Crippen molar-refractivity contribution < 1.29 is 13.2 Å². The van der Waals surface area contributed by atoms with Crippen LogP contribution in [0.3, 0.4) is 0 Å². The Bertz CT molecular complexity index is 1270. The van der Waals surface area contributed by atoms with Gasteiger partial charge in [0, 0.05) is 29.1 Å². The molecule has 1 fully saturated rings. The van der Waals surface area contributed by atoms with Crippen LogP contribution >= 0.6 is 22.9 Å². The molecule has 1 N–H and O–H groups in total. The molecule has 2 aromatic carbocycles. The van der Waals surface area contributed by atoms with Crippen molar-refractivity contribution in [2.24, 2.45) is 4.99 Å². The highest BCUT2D eigenvalue weighted by atomic mass is 35.5. The number of fused-ring (bicyclic) bond motifs is 1. The van der Waals surface area contributed by atoms with E-state index in [1.165, 1.54) is 28.9 Å². The van der Waals surface area contributed by atoms with Crippen LogP contribution in [-0.4, -0.2) is 33.8 Å². The molecule has 0 bridgehead atoms. The highest BCUT2D eigenvalue weighted by Crippen LogP contribution is 2.48. The van der Waals surface area contributed by atoms with E-state index in [9.17, 15) is 8.42 Å². The summed E-state index contributed by atoms with van der Waals surface area (Å²) in [5, 5.41) is 2.49. The number of nitrogens with zero attached hydrogens (tertiary/aromatic N) is 1. The summed E-state index contributed by atoms with van der Waals surface area (Å²) >= 11 is 7.34. The van der Waals surface area contributed by atoms with Crippen LogP contribution in [0.5, 0.6) is 5.75 Å². The van der Waals surface area contributed by atoms with Crippen LogP contribution in [0.4, 0.5) is 0 Å². The molecule has 2 heterocycles. The second-order valence-electron chi connectivity index (χ2n) is 8.42. The molecule has 2 aliphatic rings. The van der Waals surface area contributed by atoms with Gasteiger partial charge in [-0.2, -0.15) is 0 Å². The lowest BCUT2D eigenvalue weighted by Gasteiger charge is -2.45. The van der Waals surface area contributed by atoms with Crippen molar-refractivity contribution in [1.29, 1.82) is 0 Å². The van der Waals surface area contributed by atoms with Gasteiger partial charge >= 0.3 is 0 Å². The van der Waals surface area contributed by atoms with E-state index >= 15 is 0 Å². The SMILES string of the molecule is O=S(=O)(NCCOc1ccc2c(c1)C(C1(c3ccc(Cl)cc3)CCC1)=NCC2)c1cccs1. The Morgan fingerprint density at radius 2 is 1.94 bits per heavy atom. The molecule has 1 aliphatic carbocycles. The maximum Gasteiger partial charge on any atom is 0.250 e. The van der Waals surface area contributed by atoms with Crippen LogP contribution in [-0.2, 0) is 21.9 Å². The van der Waals surface area contributed by atoms with E-state index in [0.29, 0.717) is 4.21 Å². The van der Waals surface area contributed by atoms with Crippen molar-refractivity contribution in [3.63, 3.8) is 0 Å². The minimum Gasteiger partial charge on any atom is -0.492 e. The Morgan fingerprint density at radius 1 is 1.12 bits per heavy atom. The van der Waals surface area contributed by atoms with Gasteiger partial charge in [-0.15, -0.1) is 11.3 Å². The monoisotopic (exact) mass is 500 g/mol. The fourth-order valence-electron chi connectivity index (χ4n) is 4.66. The summed E-state index contributed by atoms with van der Waals surface area (Å²) in [5.74, 6) is 0.726. The summed E-state index contributed by atoms with van der Waals surface area (Å²) in [7, 11) is -3.48. The number of thiophene rings is 1. The molecule has 3 aromatic rings. The lowest BCUT2D eigenvalue weighted by molar-refractivity contribution is 0.322. The van der Waals surface area contributed by atoms with Crippen molar-refractivity contribution in [3.8, 4) is 5.75 Å². The van der Waals surface area contributed by atoms with Gasteiger partial charge in [-0.1, -0.05) is 42.3 Å². The van der Waals surface area contributed by atoms with Gasteiger partial charge in [0.25, 0.3) is 0 Å². The topological polar surface area (TPSA) is 67.8 Å². The van der Waals surface area contributed by atoms with E-state index in [1.54, 1.807) is 17.5 Å². The van der Waals surface area contributed by atoms with Gasteiger partial charge in [0.05, 0.1) is 5.71 Å². The van der Waals surface area contributed by atoms with E-state index in [4.69, 9.17) is 21.3 Å². The molecule has 0 atom stereocenters. The number of halogens is 1. The van der Waals surface area contributed by atoms with Crippen LogP contribution in [0.15, 0.2) is 69.2 Å². The highest BCUT2D eigenvalue weighted by molar-refractivity contribution is 7.91. The molecule has 33 heavy (non-hydrogen) atoms. The number of nitrogens with one attached hydrogen (secondary N) is 1. The molecule has 0 saturated heterocycles. The quantitative estimate of drug-likeness (QED) is 0.431. The molecule has 172 valence electrons.